The Balaban J connectivity index is 0. The average molecular weight is 525 g/mol. The van der Waals surface area contributed by atoms with Crippen LogP contribution in [-0.2, 0) is 4.79 Å². The molecule has 37 heavy (non-hydrogen) atoms. The van der Waals surface area contributed by atoms with E-state index in [0.29, 0.717) is 13.0 Å². The predicted molar refractivity (Wildman–Crippen MR) is 164 cm³/mol. The van der Waals surface area contributed by atoms with Crippen LogP contribution >= 0.6 is 0 Å². The van der Waals surface area contributed by atoms with Crippen molar-refractivity contribution in [3.05, 3.63) is 12.2 Å². The summed E-state index contributed by atoms with van der Waals surface area (Å²) >= 11 is 0. The fourth-order valence-electron chi connectivity index (χ4n) is 4.65. The molecule has 0 saturated heterocycles. The molecular formula is C34H68O3. The van der Waals surface area contributed by atoms with E-state index in [9.17, 15) is 4.79 Å². The lowest BCUT2D eigenvalue weighted by Gasteiger charge is -2.02. The Morgan fingerprint density at radius 1 is 0.459 bits per heavy atom. The van der Waals surface area contributed by atoms with Crippen LogP contribution in [-0.4, -0.2) is 22.8 Å². The van der Waals surface area contributed by atoms with Crippen molar-refractivity contribution in [1.82, 2.24) is 0 Å². The molecule has 2 N–H and O–H groups in total. The Morgan fingerprint density at radius 3 is 1.08 bits per heavy atom. The van der Waals surface area contributed by atoms with Crippen LogP contribution in [0, 0.1) is 0 Å². The van der Waals surface area contributed by atoms with Crippen LogP contribution in [0.4, 0.5) is 0 Å². The fraction of sp³-hybridized carbons (Fsp3) is 0.912. The first kappa shape index (κ1) is 38.3. The molecule has 0 fully saturated rings. The molecule has 0 aliphatic carbocycles. The molecule has 0 aromatic rings. The average Bonchev–Trinajstić information content (AvgIpc) is 2.89. The minimum absolute atomic E-state index is 0.332. The van der Waals surface area contributed by atoms with Gasteiger partial charge in [-0.05, 0) is 38.5 Å². The molecule has 0 heterocycles. The van der Waals surface area contributed by atoms with E-state index in [2.05, 4.69) is 26.0 Å². The van der Waals surface area contributed by atoms with E-state index >= 15 is 0 Å². The van der Waals surface area contributed by atoms with Crippen molar-refractivity contribution in [2.24, 2.45) is 0 Å². The number of allylic oxidation sites excluding steroid dienone is 2. The van der Waals surface area contributed by atoms with Crippen LogP contribution in [0.3, 0.4) is 0 Å². The van der Waals surface area contributed by atoms with E-state index in [-0.39, 0.29) is 0 Å². The van der Waals surface area contributed by atoms with Crippen LogP contribution in [0.25, 0.3) is 0 Å². The molecule has 0 bridgehead atoms. The topological polar surface area (TPSA) is 57.5 Å². The molecule has 0 unspecified atom stereocenters. The molecule has 3 heteroatoms. The fourth-order valence-corrected chi connectivity index (χ4v) is 4.65. The Labute approximate surface area is 233 Å². The lowest BCUT2D eigenvalue weighted by molar-refractivity contribution is -0.137. The van der Waals surface area contributed by atoms with Crippen molar-refractivity contribution >= 4 is 5.97 Å². The number of hydrogen-bond acceptors (Lipinski definition) is 2. The molecule has 0 spiro atoms. The Kier molecular flexibility index (Phi) is 38.7. The van der Waals surface area contributed by atoms with E-state index in [1.165, 1.54) is 154 Å². The van der Waals surface area contributed by atoms with E-state index in [0.717, 1.165) is 19.3 Å². The highest BCUT2D eigenvalue weighted by Gasteiger charge is 1.96. The minimum Gasteiger partial charge on any atom is -0.481 e. The molecule has 0 radical (unpaired) electrons. The molecule has 0 aliphatic heterocycles. The minimum atomic E-state index is -0.664. The maximum absolute atomic E-state index is 10.3. The zero-order valence-corrected chi connectivity index (χ0v) is 25.5. The summed E-state index contributed by atoms with van der Waals surface area (Å²) in [6, 6.07) is 0. The van der Waals surface area contributed by atoms with Gasteiger partial charge in [-0.3, -0.25) is 4.79 Å². The van der Waals surface area contributed by atoms with Gasteiger partial charge in [-0.25, -0.2) is 0 Å². The largest absolute Gasteiger partial charge is 0.481 e. The highest BCUT2D eigenvalue weighted by molar-refractivity contribution is 5.66. The zero-order valence-electron chi connectivity index (χ0n) is 25.5. The third-order valence-electron chi connectivity index (χ3n) is 7.16. The van der Waals surface area contributed by atoms with Gasteiger partial charge in [0.05, 0.1) is 0 Å². The van der Waals surface area contributed by atoms with Crippen LogP contribution in [0.2, 0.25) is 0 Å². The van der Waals surface area contributed by atoms with Gasteiger partial charge in [0.2, 0.25) is 0 Å². The molecule has 0 saturated carbocycles. The molecule has 3 nitrogen and oxygen atoms in total. The van der Waals surface area contributed by atoms with Gasteiger partial charge in [-0.15, -0.1) is 0 Å². The maximum Gasteiger partial charge on any atom is 0.303 e. The first-order valence-electron chi connectivity index (χ1n) is 16.7. The first-order chi connectivity index (χ1) is 18.2. The summed E-state index contributed by atoms with van der Waals surface area (Å²) < 4.78 is 0. The second-order valence-corrected chi connectivity index (χ2v) is 11.0. The number of rotatable bonds is 29. The second-order valence-electron chi connectivity index (χ2n) is 11.0. The molecule has 0 aromatic carbocycles. The van der Waals surface area contributed by atoms with Gasteiger partial charge in [-0.1, -0.05) is 161 Å². The van der Waals surface area contributed by atoms with Gasteiger partial charge in [-0.2, -0.15) is 0 Å². The van der Waals surface area contributed by atoms with E-state index in [1.807, 2.05) is 0 Å². The Hall–Kier alpha value is -0.830. The number of carboxylic acid groups (broad SMARTS) is 1. The van der Waals surface area contributed by atoms with Crippen molar-refractivity contribution in [3.8, 4) is 0 Å². The van der Waals surface area contributed by atoms with Crippen molar-refractivity contribution in [2.75, 3.05) is 6.61 Å². The third kappa shape index (κ3) is 42.5. The highest BCUT2D eigenvalue weighted by Crippen LogP contribution is 2.13. The smallest absolute Gasteiger partial charge is 0.303 e. The van der Waals surface area contributed by atoms with Crippen molar-refractivity contribution in [2.45, 2.75) is 194 Å². The molecule has 0 aromatic heterocycles. The van der Waals surface area contributed by atoms with Crippen molar-refractivity contribution in [1.29, 1.82) is 0 Å². The van der Waals surface area contributed by atoms with Crippen LogP contribution < -0.4 is 0 Å². The van der Waals surface area contributed by atoms with E-state index in [1.54, 1.807) is 0 Å². The summed E-state index contributed by atoms with van der Waals surface area (Å²) in [6.45, 7) is 4.91. The van der Waals surface area contributed by atoms with Gasteiger partial charge < -0.3 is 10.2 Å². The number of hydrogen-bond donors (Lipinski definition) is 2. The Morgan fingerprint density at radius 2 is 0.757 bits per heavy atom. The lowest BCUT2D eigenvalue weighted by atomic mass is 10.0. The quantitative estimate of drug-likeness (QED) is 0.0755. The summed E-state index contributed by atoms with van der Waals surface area (Å²) in [6.07, 6.45) is 40.4. The van der Waals surface area contributed by atoms with Gasteiger partial charge in [0.1, 0.15) is 0 Å². The second kappa shape index (κ2) is 37.3. The first-order valence-corrected chi connectivity index (χ1v) is 16.7. The summed E-state index contributed by atoms with van der Waals surface area (Å²) in [4.78, 5) is 10.3. The molecule has 0 rings (SSSR count). The monoisotopic (exact) mass is 525 g/mol. The molecule has 0 amide bonds. The predicted octanol–water partition coefficient (Wildman–Crippen LogP) is 11.6. The summed E-state index contributed by atoms with van der Waals surface area (Å²) in [5.74, 6) is -0.664. The van der Waals surface area contributed by atoms with E-state index in [4.69, 9.17) is 10.2 Å². The van der Waals surface area contributed by atoms with Crippen molar-refractivity contribution in [3.63, 3.8) is 0 Å². The number of aliphatic carboxylic acids is 1. The Bertz CT molecular complexity index is 419. The number of carboxylic acids is 1. The molecule has 0 aliphatic rings. The number of aliphatic hydroxyl groups excluding tert-OH is 1. The molecular weight excluding hydrogens is 456 g/mol. The highest BCUT2D eigenvalue weighted by atomic mass is 16.4. The SMILES string of the molecule is CCCCCCCC/C=C\CCCCCCCC(=O)O.CCCCCCCCCCCCCCCCO. The zero-order chi connectivity index (χ0) is 27.5. The maximum atomic E-state index is 10.3. The van der Waals surface area contributed by atoms with Crippen molar-refractivity contribution < 1.29 is 15.0 Å². The van der Waals surface area contributed by atoms with Gasteiger partial charge in [0.15, 0.2) is 0 Å². The summed E-state index contributed by atoms with van der Waals surface area (Å²) in [5.41, 5.74) is 0. The number of carbonyl (C=O) groups is 1. The van der Waals surface area contributed by atoms with Gasteiger partial charge in [0, 0.05) is 13.0 Å². The lowest BCUT2D eigenvalue weighted by Crippen LogP contribution is -1.93. The van der Waals surface area contributed by atoms with E-state index < -0.39 is 5.97 Å². The molecule has 0 atom stereocenters. The van der Waals surface area contributed by atoms with Gasteiger partial charge >= 0.3 is 5.97 Å². The third-order valence-corrected chi connectivity index (χ3v) is 7.16. The normalized spacial score (nSPS) is 11.1. The summed E-state index contributed by atoms with van der Waals surface area (Å²) in [7, 11) is 0. The van der Waals surface area contributed by atoms with Crippen LogP contribution in [0.1, 0.15) is 194 Å². The van der Waals surface area contributed by atoms with Crippen LogP contribution in [0.15, 0.2) is 12.2 Å². The molecule has 222 valence electrons. The standard InChI is InChI=1S/C18H34O2.C16H34O/c1-2-3-4-5-6-7-8-9-10-11-12-13-14-15-16-17-18(19)20;1-2-3-4-5-6-7-8-9-10-11-12-13-14-15-16-17/h9-10H,2-8,11-17H2,1H3,(H,19,20);17H,2-16H2,1H3/b10-9-;. The summed E-state index contributed by atoms with van der Waals surface area (Å²) in [5, 5.41) is 17.2. The van der Waals surface area contributed by atoms with Gasteiger partial charge in [0.25, 0.3) is 0 Å². The van der Waals surface area contributed by atoms with Crippen LogP contribution in [0.5, 0.6) is 0 Å². The number of aliphatic hydroxyl groups is 1. The number of unbranched alkanes of at least 4 members (excludes halogenated alkanes) is 24.